The summed E-state index contributed by atoms with van der Waals surface area (Å²) in [7, 11) is 0. The van der Waals surface area contributed by atoms with Crippen molar-refractivity contribution < 1.29 is 4.39 Å². The van der Waals surface area contributed by atoms with Gasteiger partial charge in [0.15, 0.2) is 11.5 Å². The SMILES string of the molecule is FC1CN(c2ccnc(-n3cc4cc(-c5ccccn5)cnc4n3)c2)C1. The summed E-state index contributed by atoms with van der Waals surface area (Å²) in [6.45, 7) is 0.860. The van der Waals surface area contributed by atoms with Crippen LogP contribution in [0.5, 0.6) is 0 Å². The molecule has 1 fully saturated rings. The Morgan fingerprint density at radius 3 is 2.73 bits per heavy atom. The summed E-state index contributed by atoms with van der Waals surface area (Å²) in [6.07, 6.45) is 6.40. The van der Waals surface area contributed by atoms with Crippen LogP contribution in [0.25, 0.3) is 28.1 Å². The molecule has 1 saturated heterocycles. The molecule has 5 heterocycles. The smallest absolute Gasteiger partial charge is 0.181 e. The molecule has 4 aromatic rings. The van der Waals surface area contributed by atoms with E-state index in [4.69, 9.17) is 0 Å². The molecule has 0 bridgehead atoms. The summed E-state index contributed by atoms with van der Waals surface area (Å²) in [4.78, 5) is 15.2. The number of hydrogen-bond donors (Lipinski definition) is 0. The number of aromatic nitrogens is 5. The molecule has 26 heavy (non-hydrogen) atoms. The maximum absolute atomic E-state index is 13.1. The lowest BCUT2D eigenvalue weighted by Crippen LogP contribution is -2.48. The molecule has 7 heteroatoms. The minimum absolute atomic E-state index is 0.430. The highest BCUT2D eigenvalue weighted by Gasteiger charge is 2.26. The van der Waals surface area contributed by atoms with Crippen molar-refractivity contribution in [2.75, 3.05) is 18.0 Å². The zero-order valence-corrected chi connectivity index (χ0v) is 13.8. The van der Waals surface area contributed by atoms with Gasteiger partial charge < -0.3 is 4.90 Å². The third-order valence-corrected chi connectivity index (χ3v) is 4.49. The lowest BCUT2D eigenvalue weighted by molar-refractivity contribution is 0.275. The lowest BCUT2D eigenvalue weighted by Gasteiger charge is -2.36. The molecule has 5 rings (SSSR count). The van der Waals surface area contributed by atoms with Crippen LogP contribution in [0.4, 0.5) is 10.1 Å². The van der Waals surface area contributed by atoms with E-state index in [0.717, 1.165) is 22.3 Å². The van der Waals surface area contributed by atoms with Crippen molar-refractivity contribution in [3.8, 4) is 17.1 Å². The number of halogens is 1. The Kier molecular flexibility index (Phi) is 3.38. The highest BCUT2D eigenvalue weighted by molar-refractivity contribution is 5.80. The van der Waals surface area contributed by atoms with E-state index in [2.05, 4.69) is 20.1 Å². The van der Waals surface area contributed by atoms with Crippen molar-refractivity contribution in [1.82, 2.24) is 24.7 Å². The third kappa shape index (κ3) is 2.57. The van der Waals surface area contributed by atoms with E-state index in [1.165, 1.54) is 0 Å². The first-order valence-electron chi connectivity index (χ1n) is 8.38. The first kappa shape index (κ1) is 14.9. The fourth-order valence-corrected chi connectivity index (χ4v) is 3.07. The molecule has 0 amide bonds. The van der Waals surface area contributed by atoms with Crippen LogP contribution in [-0.4, -0.2) is 44.0 Å². The van der Waals surface area contributed by atoms with Gasteiger partial charge in [0.1, 0.15) is 6.17 Å². The molecule has 0 saturated carbocycles. The maximum atomic E-state index is 13.1. The minimum atomic E-state index is -0.742. The third-order valence-electron chi connectivity index (χ3n) is 4.49. The Morgan fingerprint density at radius 2 is 1.92 bits per heavy atom. The Bertz CT molecular complexity index is 1070. The fourth-order valence-electron chi connectivity index (χ4n) is 3.07. The van der Waals surface area contributed by atoms with E-state index in [0.29, 0.717) is 24.6 Å². The number of hydrogen-bond acceptors (Lipinski definition) is 5. The molecule has 0 spiro atoms. The predicted octanol–water partition coefficient (Wildman–Crippen LogP) is 3.04. The number of anilines is 1. The molecule has 0 aromatic carbocycles. The van der Waals surface area contributed by atoms with Gasteiger partial charge in [-0.05, 0) is 24.3 Å². The van der Waals surface area contributed by atoms with E-state index < -0.39 is 6.17 Å². The second kappa shape index (κ2) is 5.87. The van der Waals surface area contributed by atoms with Crippen LogP contribution in [0.1, 0.15) is 0 Å². The molecule has 0 unspecified atom stereocenters. The van der Waals surface area contributed by atoms with Crippen molar-refractivity contribution in [2.24, 2.45) is 0 Å². The maximum Gasteiger partial charge on any atom is 0.181 e. The summed E-state index contributed by atoms with van der Waals surface area (Å²) >= 11 is 0. The fraction of sp³-hybridized carbons (Fsp3) is 0.158. The molecule has 1 aliphatic rings. The van der Waals surface area contributed by atoms with Crippen molar-refractivity contribution >= 4 is 16.7 Å². The van der Waals surface area contributed by atoms with Crippen LogP contribution in [0.2, 0.25) is 0 Å². The van der Waals surface area contributed by atoms with Gasteiger partial charge in [-0.2, -0.15) is 0 Å². The summed E-state index contributed by atoms with van der Waals surface area (Å²) in [6, 6.07) is 11.6. The normalized spacial score (nSPS) is 14.6. The topological polar surface area (TPSA) is 59.7 Å². The molecule has 1 aliphatic heterocycles. The van der Waals surface area contributed by atoms with Gasteiger partial charge in [-0.25, -0.2) is 19.0 Å². The average molecular weight is 346 g/mol. The van der Waals surface area contributed by atoms with Crippen LogP contribution in [0, 0.1) is 0 Å². The van der Waals surface area contributed by atoms with Crippen molar-refractivity contribution in [2.45, 2.75) is 6.17 Å². The quantitative estimate of drug-likeness (QED) is 0.571. The largest absolute Gasteiger partial charge is 0.365 e. The summed E-state index contributed by atoms with van der Waals surface area (Å²) in [5, 5.41) is 5.42. The van der Waals surface area contributed by atoms with E-state index >= 15 is 0 Å². The van der Waals surface area contributed by atoms with Gasteiger partial charge in [-0.1, -0.05) is 6.07 Å². The molecule has 0 aliphatic carbocycles. The number of nitrogens with zero attached hydrogens (tertiary/aromatic N) is 6. The Labute approximate surface area is 149 Å². The van der Waals surface area contributed by atoms with Crippen LogP contribution < -0.4 is 4.90 Å². The molecule has 128 valence electrons. The highest BCUT2D eigenvalue weighted by Crippen LogP contribution is 2.25. The van der Waals surface area contributed by atoms with Gasteiger partial charge in [-0.3, -0.25) is 4.98 Å². The first-order valence-corrected chi connectivity index (χ1v) is 8.38. The minimum Gasteiger partial charge on any atom is -0.365 e. The Hall–Kier alpha value is -3.35. The van der Waals surface area contributed by atoms with E-state index in [1.54, 1.807) is 23.3 Å². The van der Waals surface area contributed by atoms with E-state index in [9.17, 15) is 4.39 Å². The van der Waals surface area contributed by atoms with E-state index in [1.807, 2.05) is 47.5 Å². The molecule has 0 N–H and O–H groups in total. The second-order valence-corrected chi connectivity index (χ2v) is 6.30. The predicted molar refractivity (Wildman–Crippen MR) is 97.0 cm³/mol. The number of pyridine rings is 3. The molecule has 6 nitrogen and oxygen atoms in total. The number of alkyl halides is 1. The average Bonchev–Trinajstić information content (AvgIpc) is 3.10. The van der Waals surface area contributed by atoms with Gasteiger partial charge in [0, 0.05) is 47.5 Å². The zero-order valence-electron chi connectivity index (χ0n) is 13.8. The molecule has 0 radical (unpaired) electrons. The Balaban J connectivity index is 1.51. The summed E-state index contributed by atoms with van der Waals surface area (Å²) < 4.78 is 14.8. The second-order valence-electron chi connectivity index (χ2n) is 6.30. The van der Waals surface area contributed by atoms with Crippen molar-refractivity contribution in [3.63, 3.8) is 0 Å². The van der Waals surface area contributed by atoms with E-state index in [-0.39, 0.29) is 0 Å². The van der Waals surface area contributed by atoms with Gasteiger partial charge in [0.2, 0.25) is 0 Å². The lowest BCUT2D eigenvalue weighted by atomic mass is 10.1. The standard InChI is InChI=1S/C19H15FN6/c20-15-11-25(12-15)16-4-6-22-18(8-16)26-10-14-7-13(9-23-19(14)24-26)17-3-1-2-5-21-17/h1-10,15H,11-12H2. The van der Waals surface area contributed by atoms with Crippen molar-refractivity contribution in [1.29, 1.82) is 0 Å². The molecular weight excluding hydrogens is 331 g/mol. The van der Waals surface area contributed by atoms with Crippen LogP contribution in [0.3, 0.4) is 0 Å². The van der Waals surface area contributed by atoms with Gasteiger partial charge in [0.05, 0.1) is 18.8 Å². The van der Waals surface area contributed by atoms with Gasteiger partial charge >= 0.3 is 0 Å². The number of rotatable bonds is 3. The monoisotopic (exact) mass is 346 g/mol. The highest BCUT2D eigenvalue weighted by atomic mass is 19.1. The summed E-state index contributed by atoms with van der Waals surface area (Å²) in [5.74, 6) is 0.683. The number of fused-ring (bicyclic) bond motifs is 1. The van der Waals surface area contributed by atoms with Crippen LogP contribution >= 0.6 is 0 Å². The van der Waals surface area contributed by atoms with Gasteiger partial charge in [0.25, 0.3) is 0 Å². The zero-order chi connectivity index (χ0) is 17.5. The molecule has 4 aromatic heterocycles. The first-order chi connectivity index (χ1) is 12.8. The van der Waals surface area contributed by atoms with Crippen LogP contribution in [0.15, 0.2) is 61.2 Å². The Morgan fingerprint density at radius 1 is 1.00 bits per heavy atom. The van der Waals surface area contributed by atoms with Crippen molar-refractivity contribution in [3.05, 3.63) is 61.2 Å². The molecular formula is C19H15FN6. The molecule has 0 atom stereocenters. The summed E-state index contributed by atoms with van der Waals surface area (Å²) in [5.41, 5.74) is 3.40. The van der Waals surface area contributed by atoms with Crippen LogP contribution in [-0.2, 0) is 0 Å². The van der Waals surface area contributed by atoms with Gasteiger partial charge in [-0.15, -0.1) is 5.10 Å².